The molecule has 2 bridgehead atoms. The molecule has 50 heavy (non-hydrogen) atoms. The van der Waals surface area contributed by atoms with Gasteiger partial charge in [-0.3, -0.25) is 14.4 Å². The molecule has 3 aliphatic heterocycles. The van der Waals surface area contributed by atoms with Crippen molar-refractivity contribution in [3.8, 4) is 5.75 Å². The molecular formula is C36H41BrF2N4O6Si. The minimum absolute atomic E-state index is 0.00790. The van der Waals surface area contributed by atoms with Crippen molar-refractivity contribution in [3.63, 3.8) is 0 Å². The standard InChI is InChI=1S/C36H41BrF2N4O6Si/c1-35(2,3)50(4,5)48-21-25-13-14-36(16-29(37)41-49-36)28-19-42(25)34(46)30-32(47-20-22-9-7-6-8-10-22)31(44)26(18-43(28)30)33(45)40-17-23-11-12-24(38)15-27(23)39/h6-12,15,18,25,28H,13-14,16-17,19-21H2,1-5H3,(H,40,45)/t25-,28-,36+/m1/s1. The minimum Gasteiger partial charge on any atom is -0.483 e. The second-order valence-corrected chi connectivity index (χ2v) is 20.4. The van der Waals surface area contributed by atoms with Crippen LogP contribution in [0.3, 0.4) is 0 Å². The number of carbonyl (C=O) groups excluding carboxylic acids is 2. The number of hydrogen-bond acceptors (Lipinski definition) is 7. The third-order valence-corrected chi connectivity index (χ3v) is 15.4. The van der Waals surface area contributed by atoms with Crippen molar-refractivity contribution in [3.05, 3.63) is 99.0 Å². The molecule has 2 amide bonds. The van der Waals surface area contributed by atoms with Crippen LogP contribution in [0.2, 0.25) is 18.1 Å². The number of halogens is 3. The van der Waals surface area contributed by atoms with E-state index in [1.165, 1.54) is 12.3 Å². The van der Waals surface area contributed by atoms with Crippen molar-refractivity contribution in [2.75, 3.05) is 13.2 Å². The Bertz CT molecular complexity index is 1900. The third kappa shape index (κ3) is 6.89. The average Bonchev–Trinajstić information content (AvgIpc) is 3.38. The lowest BCUT2D eigenvalue weighted by atomic mass is 9.86. The van der Waals surface area contributed by atoms with Crippen LogP contribution in [0.15, 0.2) is 64.7 Å². The highest BCUT2D eigenvalue weighted by molar-refractivity contribution is 9.18. The molecule has 3 aliphatic rings. The number of benzene rings is 2. The summed E-state index contributed by atoms with van der Waals surface area (Å²) in [5.74, 6) is -3.07. The van der Waals surface area contributed by atoms with Crippen molar-refractivity contribution in [1.82, 2.24) is 14.8 Å². The predicted molar refractivity (Wildman–Crippen MR) is 190 cm³/mol. The molecule has 6 rings (SSSR count). The SMILES string of the molecule is CC(C)(C)[Si](C)(C)OC[C@H]1CC[C@]2(CC(Br)=NO2)[C@H]2CN1C(=O)c1c(OCc3ccccc3)c(=O)c(C(=O)NCc3ccc(F)cc3F)cn12. The number of hydrogen-bond donors (Lipinski definition) is 1. The van der Waals surface area contributed by atoms with Crippen LogP contribution < -0.4 is 15.5 Å². The second-order valence-electron chi connectivity index (χ2n) is 14.7. The number of ether oxygens (including phenoxy) is 1. The van der Waals surface area contributed by atoms with E-state index in [2.05, 4.69) is 60.3 Å². The highest BCUT2D eigenvalue weighted by atomic mass is 79.9. The molecule has 0 aliphatic carbocycles. The third-order valence-electron chi connectivity index (χ3n) is 10.4. The Kier molecular flexibility index (Phi) is 9.83. The summed E-state index contributed by atoms with van der Waals surface area (Å²) in [5.41, 5.74) is -1.19. The molecular weight excluding hydrogens is 730 g/mol. The highest BCUT2D eigenvalue weighted by Gasteiger charge is 2.55. The molecule has 0 saturated carbocycles. The molecule has 0 radical (unpaired) electrons. The Morgan fingerprint density at radius 1 is 1.16 bits per heavy atom. The van der Waals surface area contributed by atoms with Crippen molar-refractivity contribution < 1.29 is 32.4 Å². The molecule has 1 aromatic heterocycles. The Balaban J connectivity index is 1.44. The summed E-state index contributed by atoms with van der Waals surface area (Å²) in [6, 6.07) is 11.3. The van der Waals surface area contributed by atoms with Crippen LogP contribution in [0.25, 0.3) is 0 Å². The van der Waals surface area contributed by atoms with Gasteiger partial charge in [-0.25, -0.2) is 8.78 Å². The van der Waals surface area contributed by atoms with E-state index in [9.17, 15) is 23.2 Å². The van der Waals surface area contributed by atoms with Gasteiger partial charge in [-0.15, -0.1) is 0 Å². The van der Waals surface area contributed by atoms with Crippen molar-refractivity contribution in [2.45, 2.75) is 89.0 Å². The molecule has 266 valence electrons. The van der Waals surface area contributed by atoms with E-state index in [1.807, 2.05) is 30.3 Å². The summed E-state index contributed by atoms with van der Waals surface area (Å²) in [6.07, 6.45) is 2.85. The molecule has 1 saturated heterocycles. The fraction of sp³-hybridized carbons (Fsp3) is 0.444. The van der Waals surface area contributed by atoms with E-state index in [0.717, 1.165) is 17.7 Å². The van der Waals surface area contributed by atoms with E-state index in [4.69, 9.17) is 14.0 Å². The fourth-order valence-electron chi connectivity index (χ4n) is 6.44. The maximum Gasteiger partial charge on any atom is 0.274 e. The number of carbonyl (C=O) groups is 2. The minimum atomic E-state index is -2.19. The lowest BCUT2D eigenvalue weighted by molar-refractivity contribution is -0.0656. The molecule has 1 fully saturated rings. The zero-order valence-electron chi connectivity index (χ0n) is 28.7. The summed E-state index contributed by atoms with van der Waals surface area (Å²) in [5, 5.41) is 6.78. The Labute approximate surface area is 299 Å². The molecule has 2 aromatic carbocycles. The van der Waals surface area contributed by atoms with E-state index in [1.54, 1.807) is 9.47 Å². The summed E-state index contributed by atoms with van der Waals surface area (Å²) < 4.78 is 43.0. The predicted octanol–water partition coefficient (Wildman–Crippen LogP) is 6.68. The molecule has 4 heterocycles. The largest absolute Gasteiger partial charge is 0.483 e. The van der Waals surface area contributed by atoms with Crippen LogP contribution in [0.5, 0.6) is 5.75 Å². The second kappa shape index (κ2) is 13.7. The van der Waals surface area contributed by atoms with Gasteiger partial charge in [-0.1, -0.05) is 62.3 Å². The highest BCUT2D eigenvalue weighted by Crippen LogP contribution is 2.47. The van der Waals surface area contributed by atoms with Crippen LogP contribution in [0.1, 0.15) is 78.0 Å². The van der Waals surface area contributed by atoms with Gasteiger partial charge in [0, 0.05) is 37.3 Å². The van der Waals surface area contributed by atoms with Gasteiger partial charge in [0.15, 0.2) is 25.4 Å². The Hall–Kier alpha value is -3.88. The number of nitrogens with zero attached hydrogens (tertiary/aromatic N) is 3. The lowest BCUT2D eigenvalue weighted by Gasteiger charge is -2.43. The van der Waals surface area contributed by atoms with Gasteiger partial charge in [-0.05, 0) is 58.5 Å². The van der Waals surface area contributed by atoms with E-state index < -0.39 is 48.8 Å². The van der Waals surface area contributed by atoms with Gasteiger partial charge in [-0.2, -0.15) is 0 Å². The molecule has 0 unspecified atom stereocenters. The quantitative estimate of drug-likeness (QED) is 0.243. The first kappa shape index (κ1) is 35.9. The first-order chi connectivity index (χ1) is 23.6. The number of rotatable bonds is 9. The molecule has 14 heteroatoms. The van der Waals surface area contributed by atoms with E-state index in [-0.39, 0.29) is 53.3 Å². The van der Waals surface area contributed by atoms with Crippen LogP contribution in [0, 0.1) is 11.6 Å². The number of fused-ring (bicyclic) bond motifs is 5. The summed E-state index contributed by atoms with van der Waals surface area (Å²) >= 11 is 3.50. The van der Waals surface area contributed by atoms with Crippen molar-refractivity contribution in [2.24, 2.45) is 5.16 Å². The number of aromatic nitrogens is 1. The van der Waals surface area contributed by atoms with Gasteiger partial charge in [0.25, 0.3) is 11.8 Å². The number of oxime groups is 1. The Morgan fingerprint density at radius 3 is 2.56 bits per heavy atom. The van der Waals surface area contributed by atoms with Gasteiger partial charge in [0.2, 0.25) is 5.43 Å². The lowest BCUT2D eigenvalue weighted by Crippen LogP contribution is -2.54. The average molecular weight is 772 g/mol. The summed E-state index contributed by atoms with van der Waals surface area (Å²) in [7, 11) is -2.19. The zero-order valence-corrected chi connectivity index (χ0v) is 31.3. The molecule has 3 atom stereocenters. The number of amides is 2. The van der Waals surface area contributed by atoms with Crippen LogP contribution in [-0.2, 0) is 22.4 Å². The maximum atomic E-state index is 14.6. The molecule has 1 N–H and O–H groups in total. The zero-order chi connectivity index (χ0) is 36.0. The van der Waals surface area contributed by atoms with Crippen LogP contribution in [0.4, 0.5) is 8.78 Å². The molecule has 10 nitrogen and oxygen atoms in total. The molecule has 3 aromatic rings. The first-order valence-corrected chi connectivity index (χ1v) is 20.3. The topological polar surface area (TPSA) is 111 Å². The maximum absolute atomic E-state index is 14.6. The van der Waals surface area contributed by atoms with Crippen molar-refractivity contribution in [1.29, 1.82) is 0 Å². The molecule has 1 spiro atoms. The van der Waals surface area contributed by atoms with Gasteiger partial charge >= 0.3 is 0 Å². The smallest absolute Gasteiger partial charge is 0.274 e. The van der Waals surface area contributed by atoms with E-state index >= 15 is 0 Å². The number of pyridine rings is 1. The monoisotopic (exact) mass is 770 g/mol. The van der Waals surface area contributed by atoms with Crippen molar-refractivity contribution >= 4 is 40.7 Å². The van der Waals surface area contributed by atoms with E-state index in [0.29, 0.717) is 30.5 Å². The Morgan fingerprint density at radius 2 is 1.90 bits per heavy atom. The normalized spacial score (nSPS) is 21.7. The summed E-state index contributed by atoms with van der Waals surface area (Å²) in [4.78, 5) is 50.5. The van der Waals surface area contributed by atoms with Crippen LogP contribution in [-0.4, -0.2) is 59.0 Å². The van der Waals surface area contributed by atoms with Gasteiger partial charge in [0.05, 0.1) is 18.7 Å². The van der Waals surface area contributed by atoms with Gasteiger partial charge < -0.3 is 28.8 Å². The van der Waals surface area contributed by atoms with Gasteiger partial charge in [0.1, 0.15) is 28.4 Å². The first-order valence-electron chi connectivity index (χ1n) is 16.6. The summed E-state index contributed by atoms with van der Waals surface area (Å²) in [6.45, 7) is 11.0. The fourth-order valence-corrected chi connectivity index (χ4v) is 8.03. The number of nitrogens with one attached hydrogen (secondary N) is 1. The van der Waals surface area contributed by atoms with Crippen LogP contribution >= 0.6 is 15.9 Å².